The summed E-state index contributed by atoms with van der Waals surface area (Å²) in [7, 11) is 0. The van der Waals surface area contributed by atoms with Crippen molar-refractivity contribution >= 4 is 45.2 Å². The Morgan fingerprint density at radius 3 is 2.59 bits per heavy atom. The number of aromatic nitrogens is 1. The van der Waals surface area contributed by atoms with Crippen molar-refractivity contribution in [2.45, 2.75) is 20.8 Å². The molecule has 2 aromatic carbocycles. The molecule has 1 amide bonds. The number of anilines is 1. The molecule has 4 nitrogen and oxygen atoms in total. The zero-order valence-corrected chi connectivity index (χ0v) is 18.6. The van der Waals surface area contributed by atoms with Gasteiger partial charge in [-0.3, -0.25) is 4.79 Å². The van der Waals surface area contributed by atoms with Crippen molar-refractivity contribution in [3.63, 3.8) is 0 Å². The van der Waals surface area contributed by atoms with Crippen LogP contribution in [0.3, 0.4) is 0 Å². The first-order chi connectivity index (χ1) is 13.8. The minimum atomic E-state index is -0.469. The molecule has 1 N–H and O–H groups in total. The van der Waals surface area contributed by atoms with Gasteiger partial charge in [0.25, 0.3) is 5.91 Å². The Kier molecular flexibility index (Phi) is 6.26. The maximum Gasteiger partial charge on any atom is 0.266 e. The lowest BCUT2D eigenvalue weighted by molar-refractivity contribution is -0.112. The number of amides is 1. The van der Waals surface area contributed by atoms with Crippen LogP contribution in [0.15, 0.2) is 58.6 Å². The van der Waals surface area contributed by atoms with Crippen molar-refractivity contribution < 1.29 is 4.79 Å². The van der Waals surface area contributed by atoms with E-state index in [-0.39, 0.29) is 5.57 Å². The molecule has 6 heteroatoms. The molecule has 146 valence electrons. The second kappa shape index (κ2) is 8.69. The van der Waals surface area contributed by atoms with Crippen LogP contribution in [0.1, 0.15) is 22.5 Å². The number of nitrogens with one attached hydrogen (secondary N) is 1. The van der Waals surface area contributed by atoms with Gasteiger partial charge in [0, 0.05) is 26.6 Å². The first-order valence-corrected chi connectivity index (χ1v) is 10.1. The zero-order chi connectivity index (χ0) is 21.1. The Balaban J connectivity index is 1.97. The maximum atomic E-state index is 12.7. The molecular weight excluding hydrogens is 450 g/mol. The first kappa shape index (κ1) is 20.9. The molecule has 0 bridgehead atoms. The Bertz CT molecular complexity index is 1170. The van der Waals surface area contributed by atoms with E-state index in [1.54, 1.807) is 18.2 Å². The fourth-order valence-corrected chi connectivity index (χ4v) is 3.79. The standard InChI is InChI=1S/C23H19BrClN3O/c1-14-8-9-19(25)12-21(14)27-23(29)18(13-26)11-17-10-15(2)28(16(17)3)22-7-5-4-6-20(22)24/h4-12H,1-3H3,(H,27,29)/b18-11+. The third kappa shape index (κ3) is 4.45. The number of rotatable bonds is 4. The Hall–Kier alpha value is -2.81. The van der Waals surface area contributed by atoms with Crippen LogP contribution in [0.5, 0.6) is 0 Å². The molecule has 1 aromatic heterocycles. The molecule has 0 aliphatic heterocycles. The van der Waals surface area contributed by atoms with Gasteiger partial charge in [0.15, 0.2) is 0 Å². The number of halogens is 2. The number of benzene rings is 2. The summed E-state index contributed by atoms with van der Waals surface area (Å²) >= 11 is 9.60. The topological polar surface area (TPSA) is 57.8 Å². The third-order valence-electron chi connectivity index (χ3n) is 4.68. The Morgan fingerprint density at radius 2 is 1.90 bits per heavy atom. The summed E-state index contributed by atoms with van der Waals surface area (Å²) in [5, 5.41) is 12.9. The van der Waals surface area contributed by atoms with Crippen LogP contribution in [0.4, 0.5) is 5.69 Å². The van der Waals surface area contributed by atoms with Crippen molar-refractivity contribution in [2.24, 2.45) is 0 Å². The molecule has 0 unspecified atom stereocenters. The van der Waals surface area contributed by atoms with Crippen molar-refractivity contribution in [2.75, 3.05) is 5.32 Å². The van der Waals surface area contributed by atoms with E-state index in [2.05, 4.69) is 25.8 Å². The molecule has 0 spiro atoms. The number of para-hydroxylation sites is 1. The highest BCUT2D eigenvalue weighted by molar-refractivity contribution is 9.10. The predicted octanol–water partition coefficient (Wildman–Crippen LogP) is 6.36. The molecule has 1 heterocycles. The lowest BCUT2D eigenvalue weighted by atomic mass is 10.1. The van der Waals surface area contributed by atoms with Gasteiger partial charge in [0.2, 0.25) is 0 Å². The van der Waals surface area contributed by atoms with E-state index in [1.807, 2.05) is 63.2 Å². The van der Waals surface area contributed by atoms with Crippen LogP contribution in [0.2, 0.25) is 5.02 Å². The lowest BCUT2D eigenvalue weighted by Gasteiger charge is -2.11. The quantitative estimate of drug-likeness (QED) is 0.357. The molecule has 0 fully saturated rings. The van der Waals surface area contributed by atoms with Crippen LogP contribution >= 0.6 is 27.5 Å². The van der Waals surface area contributed by atoms with E-state index >= 15 is 0 Å². The van der Waals surface area contributed by atoms with E-state index in [0.717, 1.165) is 32.7 Å². The highest BCUT2D eigenvalue weighted by atomic mass is 79.9. The first-order valence-electron chi connectivity index (χ1n) is 8.95. The Morgan fingerprint density at radius 1 is 1.17 bits per heavy atom. The maximum absolute atomic E-state index is 12.7. The second-order valence-electron chi connectivity index (χ2n) is 6.70. The fourth-order valence-electron chi connectivity index (χ4n) is 3.16. The largest absolute Gasteiger partial charge is 0.321 e. The number of aryl methyl sites for hydroxylation is 2. The van der Waals surface area contributed by atoms with E-state index in [1.165, 1.54) is 0 Å². The van der Waals surface area contributed by atoms with E-state index in [9.17, 15) is 10.1 Å². The van der Waals surface area contributed by atoms with Gasteiger partial charge in [0.1, 0.15) is 11.6 Å². The normalized spacial score (nSPS) is 11.2. The Labute approximate surface area is 183 Å². The smallest absolute Gasteiger partial charge is 0.266 e. The monoisotopic (exact) mass is 467 g/mol. The lowest BCUT2D eigenvalue weighted by Crippen LogP contribution is -2.14. The van der Waals surface area contributed by atoms with Crippen LogP contribution in [0, 0.1) is 32.1 Å². The van der Waals surface area contributed by atoms with Gasteiger partial charge in [0.05, 0.1) is 5.69 Å². The third-order valence-corrected chi connectivity index (χ3v) is 5.58. The van der Waals surface area contributed by atoms with Crippen molar-refractivity contribution in [1.82, 2.24) is 4.57 Å². The van der Waals surface area contributed by atoms with E-state index in [4.69, 9.17) is 11.6 Å². The molecule has 0 saturated carbocycles. The highest BCUT2D eigenvalue weighted by Gasteiger charge is 2.15. The number of carbonyl (C=O) groups is 1. The van der Waals surface area contributed by atoms with Crippen molar-refractivity contribution in [3.8, 4) is 11.8 Å². The number of hydrogen-bond donors (Lipinski definition) is 1. The van der Waals surface area contributed by atoms with Gasteiger partial charge in [-0.2, -0.15) is 5.26 Å². The fraction of sp³-hybridized carbons (Fsp3) is 0.130. The molecule has 0 aliphatic rings. The van der Waals surface area contributed by atoms with Gasteiger partial charge in [-0.1, -0.05) is 29.8 Å². The molecule has 3 aromatic rings. The van der Waals surface area contributed by atoms with Crippen molar-refractivity contribution in [3.05, 3.63) is 86.1 Å². The predicted molar refractivity (Wildman–Crippen MR) is 121 cm³/mol. The average Bonchev–Trinajstić information content (AvgIpc) is 2.96. The van der Waals surface area contributed by atoms with Crippen LogP contribution < -0.4 is 5.32 Å². The average molecular weight is 469 g/mol. The summed E-state index contributed by atoms with van der Waals surface area (Å²) in [6.45, 7) is 5.82. The number of nitriles is 1. The van der Waals surface area contributed by atoms with Gasteiger partial charge in [-0.05, 0) is 84.2 Å². The van der Waals surface area contributed by atoms with Gasteiger partial charge in [-0.15, -0.1) is 0 Å². The summed E-state index contributed by atoms with van der Waals surface area (Å²) in [4.78, 5) is 12.7. The number of nitrogens with zero attached hydrogens (tertiary/aromatic N) is 2. The molecule has 29 heavy (non-hydrogen) atoms. The van der Waals surface area contributed by atoms with Gasteiger partial charge in [-0.25, -0.2) is 0 Å². The van der Waals surface area contributed by atoms with Crippen molar-refractivity contribution in [1.29, 1.82) is 5.26 Å². The summed E-state index contributed by atoms with van der Waals surface area (Å²) < 4.78 is 3.05. The molecule has 0 atom stereocenters. The molecule has 0 aliphatic carbocycles. The molecule has 0 saturated heterocycles. The molecule has 3 rings (SSSR count). The number of carbonyl (C=O) groups excluding carboxylic acids is 1. The van der Waals surface area contributed by atoms with Gasteiger partial charge < -0.3 is 9.88 Å². The van der Waals surface area contributed by atoms with Crippen LogP contribution in [0.25, 0.3) is 11.8 Å². The summed E-state index contributed by atoms with van der Waals surface area (Å²) in [6.07, 6.45) is 1.62. The summed E-state index contributed by atoms with van der Waals surface area (Å²) in [5.74, 6) is -0.469. The van der Waals surface area contributed by atoms with E-state index < -0.39 is 5.91 Å². The second-order valence-corrected chi connectivity index (χ2v) is 7.99. The molecular formula is C23H19BrClN3O. The minimum Gasteiger partial charge on any atom is -0.321 e. The van der Waals surface area contributed by atoms with Gasteiger partial charge >= 0.3 is 0 Å². The summed E-state index contributed by atoms with van der Waals surface area (Å²) in [5.41, 5.74) is 5.23. The van der Waals surface area contributed by atoms with Crippen LogP contribution in [-0.2, 0) is 4.79 Å². The zero-order valence-electron chi connectivity index (χ0n) is 16.3. The minimum absolute atomic E-state index is 0.0248. The molecule has 0 radical (unpaired) electrons. The SMILES string of the molecule is Cc1ccc(Cl)cc1NC(=O)/C(C#N)=C/c1cc(C)n(-c2ccccc2Br)c1C. The number of hydrogen-bond acceptors (Lipinski definition) is 2. The summed E-state index contributed by atoms with van der Waals surface area (Å²) in [6, 6.07) is 17.1. The highest BCUT2D eigenvalue weighted by Crippen LogP contribution is 2.28. The van der Waals surface area contributed by atoms with E-state index in [0.29, 0.717) is 10.7 Å². The van der Waals surface area contributed by atoms with Crippen LogP contribution in [-0.4, -0.2) is 10.5 Å².